The van der Waals surface area contributed by atoms with Crippen LogP contribution < -0.4 is 4.74 Å². The van der Waals surface area contributed by atoms with Crippen molar-refractivity contribution in [2.45, 2.75) is 71.3 Å². The minimum Gasteiger partial charge on any atom is -0.490 e. The molecule has 1 aliphatic rings. The smallest absolute Gasteiger partial charge is 0.201 e. The van der Waals surface area contributed by atoms with E-state index in [0.29, 0.717) is 36.7 Å². The first-order valence-corrected chi connectivity index (χ1v) is 14.4. The van der Waals surface area contributed by atoms with E-state index in [1.807, 2.05) is 13.0 Å². The Morgan fingerprint density at radius 3 is 2.00 bits per heavy atom. The van der Waals surface area contributed by atoms with Gasteiger partial charge in [0.2, 0.25) is 5.82 Å². The molecule has 2 unspecified atom stereocenters. The number of unbranched alkanes of at least 4 members (excludes halogenated alkanes) is 5. The molecule has 0 aromatic heterocycles. The Bertz CT molecular complexity index is 1280. The molecule has 0 amide bonds. The van der Waals surface area contributed by atoms with Gasteiger partial charge in [0.15, 0.2) is 23.2 Å². The number of halogens is 4. The van der Waals surface area contributed by atoms with Crippen LogP contribution in [0.4, 0.5) is 17.6 Å². The van der Waals surface area contributed by atoms with Gasteiger partial charge in [-0.1, -0.05) is 87.6 Å². The van der Waals surface area contributed by atoms with E-state index in [0.717, 1.165) is 25.7 Å². The zero-order chi connectivity index (χ0) is 28.5. The summed E-state index contributed by atoms with van der Waals surface area (Å²) in [4.78, 5) is 0. The van der Waals surface area contributed by atoms with E-state index >= 15 is 8.78 Å². The second-order valence-corrected chi connectivity index (χ2v) is 10.4. The molecule has 0 radical (unpaired) electrons. The first-order valence-electron chi connectivity index (χ1n) is 14.4. The van der Waals surface area contributed by atoms with Gasteiger partial charge in [0.1, 0.15) is 0 Å². The molecule has 3 aromatic carbocycles. The van der Waals surface area contributed by atoms with Crippen molar-refractivity contribution in [1.82, 2.24) is 0 Å². The summed E-state index contributed by atoms with van der Waals surface area (Å²) >= 11 is 0. The maximum atomic E-state index is 15.1. The molecule has 0 saturated carbocycles. The fraction of sp³-hybridized carbons (Fsp3) is 0.412. The van der Waals surface area contributed by atoms with Gasteiger partial charge >= 0.3 is 0 Å². The van der Waals surface area contributed by atoms with Crippen molar-refractivity contribution in [2.75, 3.05) is 13.2 Å². The normalized spacial score (nSPS) is 17.4. The maximum Gasteiger partial charge on any atom is 0.201 e. The summed E-state index contributed by atoms with van der Waals surface area (Å²) in [5, 5.41) is 0. The maximum absolute atomic E-state index is 15.1. The van der Waals surface area contributed by atoms with E-state index in [-0.39, 0.29) is 22.4 Å². The van der Waals surface area contributed by atoms with Crippen LogP contribution in [0, 0.1) is 29.2 Å². The van der Waals surface area contributed by atoms with Gasteiger partial charge in [-0.25, -0.2) is 13.2 Å². The van der Waals surface area contributed by atoms with Crippen LogP contribution in [0.25, 0.3) is 22.3 Å². The molecule has 2 nitrogen and oxygen atoms in total. The van der Waals surface area contributed by atoms with Crippen molar-refractivity contribution in [1.29, 1.82) is 0 Å². The van der Waals surface area contributed by atoms with Crippen molar-refractivity contribution < 1.29 is 27.0 Å². The number of benzene rings is 3. The van der Waals surface area contributed by atoms with E-state index in [1.54, 1.807) is 36.4 Å². The molecule has 1 aliphatic heterocycles. The van der Waals surface area contributed by atoms with Crippen molar-refractivity contribution in [2.24, 2.45) is 5.92 Å². The molecule has 40 heavy (non-hydrogen) atoms. The average molecular weight is 555 g/mol. The minimum absolute atomic E-state index is 0.0728. The van der Waals surface area contributed by atoms with Crippen molar-refractivity contribution in [3.63, 3.8) is 0 Å². The quantitative estimate of drug-likeness (QED) is 0.126. The highest BCUT2D eigenvalue weighted by Gasteiger charge is 2.26. The van der Waals surface area contributed by atoms with Crippen molar-refractivity contribution in [3.8, 4) is 28.0 Å². The summed E-state index contributed by atoms with van der Waals surface area (Å²) in [7, 11) is 0. The summed E-state index contributed by atoms with van der Waals surface area (Å²) in [6, 6.07) is 12.3. The summed E-state index contributed by atoms with van der Waals surface area (Å²) in [5.74, 6) is -3.71. The van der Waals surface area contributed by atoms with Gasteiger partial charge in [0.25, 0.3) is 0 Å². The molecule has 0 bridgehead atoms. The number of hydrogen-bond acceptors (Lipinski definition) is 2. The lowest BCUT2D eigenvalue weighted by molar-refractivity contribution is -0.00743. The molecule has 4 rings (SSSR count). The van der Waals surface area contributed by atoms with E-state index < -0.39 is 29.4 Å². The van der Waals surface area contributed by atoms with Crippen LogP contribution in [0.15, 0.2) is 60.7 Å². The Morgan fingerprint density at radius 2 is 1.38 bits per heavy atom. The molecule has 0 spiro atoms. The molecular weight excluding hydrogens is 516 g/mol. The zero-order valence-corrected chi connectivity index (χ0v) is 23.3. The lowest BCUT2D eigenvalue weighted by Crippen LogP contribution is -2.20. The van der Waals surface area contributed by atoms with Crippen molar-refractivity contribution >= 4 is 0 Å². The lowest BCUT2D eigenvalue weighted by Gasteiger charge is -2.28. The average Bonchev–Trinajstić information content (AvgIpc) is 2.97. The fourth-order valence-corrected chi connectivity index (χ4v) is 5.24. The summed E-state index contributed by atoms with van der Waals surface area (Å²) < 4.78 is 71.1. The molecule has 1 heterocycles. The highest BCUT2D eigenvalue weighted by Crippen LogP contribution is 2.37. The third kappa shape index (κ3) is 7.14. The number of allylic oxidation sites excluding steroid dienone is 1. The van der Waals surface area contributed by atoms with Crippen molar-refractivity contribution in [3.05, 3.63) is 89.5 Å². The van der Waals surface area contributed by atoms with Gasteiger partial charge in [-0.2, -0.15) is 4.39 Å². The summed E-state index contributed by atoms with van der Waals surface area (Å²) in [5.41, 5.74) is 1.24. The van der Waals surface area contributed by atoms with E-state index in [4.69, 9.17) is 9.47 Å². The molecule has 214 valence electrons. The molecule has 1 fully saturated rings. The molecule has 1 saturated heterocycles. The third-order valence-electron chi connectivity index (χ3n) is 7.54. The topological polar surface area (TPSA) is 18.5 Å². The van der Waals surface area contributed by atoms with Crippen LogP contribution in [0.5, 0.6) is 5.75 Å². The van der Waals surface area contributed by atoms with Gasteiger partial charge in [-0.3, -0.25) is 0 Å². The van der Waals surface area contributed by atoms with E-state index in [1.165, 1.54) is 31.4 Å². The second-order valence-electron chi connectivity index (χ2n) is 10.4. The highest BCUT2D eigenvalue weighted by atomic mass is 19.2. The van der Waals surface area contributed by atoms with Gasteiger partial charge in [0, 0.05) is 22.6 Å². The molecule has 2 atom stereocenters. The largest absolute Gasteiger partial charge is 0.490 e. The lowest BCUT2D eigenvalue weighted by atomic mass is 9.92. The van der Waals surface area contributed by atoms with Crippen LogP contribution in [-0.2, 0) is 4.74 Å². The number of ether oxygens (including phenoxy) is 2. The Labute approximate surface area is 235 Å². The number of rotatable bonds is 12. The molecule has 0 N–H and O–H groups in total. The highest BCUT2D eigenvalue weighted by molar-refractivity contribution is 5.71. The van der Waals surface area contributed by atoms with E-state index in [2.05, 4.69) is 13.0 Å². The van der Waals surface area contributed by atoms with Gasteiger partial charge in [0.05, 0.1) is 19.3 Å². The van der Waals surface area contributed by atoms with Crippen LogP contribution in [0.1, 0.15) is 76.9 Å². The minimum atomic E-state index is -1.03. The predicted octanol–water partition coefficient (Wildman–Crippen LogP) is 10.4. The molecule has 3 aromatic rings. The van der Waals surface area contributed by atoms with Gasteiger partial charge < -0.3 is 9.47 Å². The number of hydrogen-bond donors (Lipinski definition) is 0. The third-order valence-corrected chi connectivity index (χ3v) is 7.54. The zero-order valence-electron chi connectivity index (χ0n) is 23.3. The second kappa shape index (κ2) is 14.5. The SMILES string of the molecule is C/C=C/C1CCC(c2ccc(-c3ccc(-c4ccc(OCCCCCCCC)c(F)c4F)cc3)c(F)c2F)OC1. The summed E-state index contributed by atoms with van der Waals surface area (Å²) in [6.07, 6.45) is 11.5. The standard InChI is InChI=1S/C34H38F4O2/c1-3-5-6-7-8-9-21-39-30-20-18-27(32(36)34(30)38)25-14-12-24(13-15-25)26-16-17-28(33(37)31(26)35)29-19-11-23(10-4-2)22-40-29/h4,10,12-18,20,23,29H,3,5-9,11,19,21-22H2,1-2H3/b10-4+. The molecule has 0 aliphatic carbocycles. The van der Waals surface area contributed by atoms with Crippen LogP contribution in [0.2, 0.25) is 0 Å². The van der Waals surface area contributed by atoms with Gasteiger partial charge in [-0.05, 0) is 49.4 Å². The van der Waals surface area contributed by atoms with Crippen LogP contribution >= 0.6 is 0 Å². The van der Waals surface area contributed by atoms with E-state index in [9.17, 15) is 8.78 Å². The Hall–Kier alpha value is -3.12. The molecular formula is C34H38F4O2. The fourth-order valence-electron chi connectivity index (χ4n) is 5.24. The Balaban J connectivity index is 1.42. The van der Waals surface area contributed by atoms with Crippen LogP contribution in [0.3, 0.4) is 0 Å². The molecule has 6 heteroatoms. The monoisotopic (exact) mass is 554 g/mol. The van der Waals surface area contributed by atoms with Gasteiger partial charge in [-0.15, -0.1) is 0 Å². The Kier molecular flexibility index (Phi) is 10.8. The summed E-state index contributed by atoms with van der Waals surface area (Å²) in [6.45, 7) is 4.92. The first kappa shape index (κ1) is 29.9. The Morgan fingerprint density at radius 1 is 0.750 bits per heavy atom. The van der Waals surface area contributed by atoms with Crippen LogP contribution in [-0.4, -0.2) is 13.2 Å². The first-order chi connectivity index (χ1) is 19.4. The predicted molar refractivity (Wildman–Crippen MR) is 152 cm³/mol.